The van der Waals surface area contributed by atoms with Crippen LogP contribution in [-0.4, -0.2) is 18.4 Å². The van der Waals surface area contributed by atoms with Gasteiger partial charge in [-0.2, -0.15) is 0 Å². The molecule has 134 valence electrons. The topological polar surface area (TPSA) is 67.4 Å². The number of ether oxygens (including phenoxy) is 1. The molecule has 0 aliphatic carbocycles. The molecular weight excluding hydrogens is 404 g/mol. The molecule has 25 heavy (non-hydrogen) atoms. The van der Waals surface area contributed by atoms with Gasteiger partial charge >= 0.3 is 0 Å². The van der Waals surface area contributed by atoms with E-state index in [0.717, 1.165) is 12.8 Å². The zero-order valence-corrected chi connectivity index (χ0v) is 16.4. The van der Waals surface area contributed by atoms with Crippen molar-refractivity contribution in [2.45, 2.75) is 32.6 Å². The highest BCUT2D eigenvalue weighted by molar-refractivity contribution is 9.10. The van der Waals surface area contributed by atoms with Gasteiger partial charge in [0.2, 0.25) is 0 Å². The molecule has 0 atom stereocenters. The summed E-state index contributed by atoms with van der Waals surface area (Å²) in [6, 6.07) is 8.56. The molecule has 2 aromatic rings. The second kappa shape index (κ2) is 10.2. The number of carbonyl (C=O) groups is 2. The lowest BCUT2D eigenvalue weighted by Gasteiger charge is -2.10. The molecule has 0 radical (unpaired) electrons. The Balaban J connectivity index is 1.84. The lowest BCUT2D eigenvalue weighted by molar-refractivity contribution is 0.0849. The van der Waals surface area contributed by atoms with E-state index in [1.165, 1.54) is 24.2 Å². The van der Waals surface area contributed by atoms with Gasteiger partial charge in [0.1, 0.15) is 5.75 Å². The maximum absolute atomic E-state index is 12.1. The third-order valence-electron chi connectivity index (χ3n) is 3.48. The molecule has 0 aliphatic heterocycles. The van der Waals surface area contributed by atoms with Crippen molar-refractivity contribution in [1.29, 1.82) is 0 Å². The zero-order chi connectivity index (χ0) is 18.1. The molecule has 0 unspecified atom stereocenters. The van der Waals surface area contributed by atoms with E-state index in [-0.39, 0.29) is 11.8 Å². The summed E-state index contributed by atoms with van der Waals surface area (Å²) in [4.78, 5) is 24.5. The van der Waals surface area contributed by atoms with Gasteiger partial charge in [0, 0.05) is 5.56 Å². The summed E-state index contributed by atoms with van der Waals surface area (Å²) in [6.07, 6.45) is 4.56. The lowest BCUT2D eigenvalue weighted by Crippen LogP contribution is -2.41. The fourth-order valence-electron chi connectivity index (χ4n) is 2.13. The third kappa shape index (κ3) is 6.17. The summed E-state index contributed by atoms with van der Waals surface area (Å²) in [5.41, 5.74) is 5.23. The molecule has 1 aromatic heterocycles. The van der Waals surface area contributed by atoms with E-state index in [0.29, 0.717) is 27.3 Å². The number of hydrogen-bond acceptors (Lipinski definition) is 4. The van der Waals surface area contributed by atoms with Crippen molar-refractivity contribution in [2.75, 3.05) is 6.61 Å². The van der Waals surface area contributed by atoms with E-state index >= 15 is 0 Å². The molecule has 2 N–H and O–H groups in total. The van der Waals surface area contributed by atoms with Crippen molar-refractivity contribution < 1.29 is 14.3 Å². The highest BCUT2D eigenvalue weighted by Crippen LogP contribution is 2.26. The highest BCUT2D eigenvalue weighted by Gasteiger charge is 2.11. The molecule has 7 heteroatoms. The summed E-state index contributed by atoms with van der Waals surface area (Å²) >= 11 is 4.73. The Morgan fingerprint density at radius 3 is 2.60 bits per heavy atom. The Bertz CT molecular complexity index is 704. The van der Waals surface area contributed by atoms with Crippen molar-refractivity contribution >= 4 is 39.1 Å². The summed E-state index contributed by atoms with van der Waals surface area (Å²) in [5.74, 6) is -0.0229. The van der Waals surface area contributed by atoms with Crippen LogP contribution in [0.1, 0.15) is 52.6 Å². The third-order valence-corrected chi connectivity index (χ3v) is 4.97. The smallest absolute Gasteiger partial charge is 0.279 e. The first-order valence-electron chi connectivity index (χ1n) is 8.18. The maximum atomic E-state index is 12.1. The summed E-state index contributed by atoms with van der Waals surface area (Å²) in [7, 11) is 0. The van der Waals surface area contributed by atoms with E-state index in [4.69, 9.17) is 4.74 Å². The normalized spacial score (nSPS) is 10.3. The fourth-order valence-corrected chi connectivity index (χ4v) is 3.24. The number of rotatable bonds is 8. The van der Waals surface area contributed by atoms with Crippen LogP contribution in [0.15, 0.2) is 40.2 Å². The molecule has 1 aromatic carbocycles. The number of benzene rings is 1. The molecule has 2 rings (SSSR count). The van der Waals surface area contributed by atoms with Gasteiger partial charge < -0.3 is 4.74 Å². The molecular formula is C18H21BrN2O3S. The predicted octanol–water partition coefficient (Wildman–Crippen LogP) is 4.54. The Labute approximate surface area is 159 Å². The number of halogens is 1. The van der Waals surface area contributed by atoms with E-state index < -0.39 is 0 Å². The van der Waals surface area contributed by atoms with Crippen LogP contribution in [0.2, 0.25) is 0 Å². The standard InChI is InChI=1S/C18H21BrN2O3S/c1-2-3-4-5-10-24-15-9-8-13(12-14(15)19)17(22)20-21-18(23)16-7-6-11-25-16/h6-9,11-12H,2-5,10H2,1H3,(H,20,22)(H,21,23). The number of thiophene rings is 1. The van der Waals surface area contributed by atoms with E-state index in [2.05, 4.69) is 33.7 Å². The van der Waals surface area contributed by atoms with Gasteiger partial charge in [-0.25, -0.2) is 0 Å². The van der Waals surface area contributed by atoms with E-state index in [9.17, 15) is 9.59 Å². The number of amides is 2. The van der Waals surface area contributed by atoms with Crippen LogP contribution in [0.3, 0.4) is 0 Å². The molecule has 5 nitrogen and oxygen atoms in total. The number of unbranched alkanes of at least 4 members (excludes halogenated alkanes) is 3. The van der Waals surface area contributed by atoms with Crippen LogP contribution in [0.25, 0.3) is 0 Å². The first kappa shape index (κ1) is 19.5. The molecule has 0 bridgehead atoms. The van der Waals surface area contributed by atoms with Crippen LogP contribution in [0, 0.1) is 0 Å². The second-order valence-electron chi connectivity index (χ2n) is 5.44. The van der Waals surface area contributed by atoms with Crippen LogP contribution in [0.5, 0.6) is 5.75 Å². The SMILES string of the molecule is CCCCCCOc1ccc(C(=O)NNC(=O)c2cccs2)cc1Br. The first-order chi connectivity index (χ1) is 12.1. The molecule has 0 saturated carbocycles. The zero-order valence-electron chi connectivity index (χ0n) is 14.0. The fraction of sp³-hybridized carbons (Fsp3) is 0.333. The predicted molar refractivity (Wildman–Crippen MR) is 103 cm³/mol. The van der Waals surface area contributed by atoms with Crippen molar-refractivity contribution in [2.24, 2.45) is 0 Å². The molecule has 0 saturated heterocycles. The Kier molecular flexibility index (Phi) is 7.94. The van der Waals surface area contributed by atoms with Crippen LogP contribution >= 0.6 is 27.3 Å². The summed E-state index contributed by atoms with van der Waals surface area (Å²) in [6.45, 7) is 2.82. The number of nitrogens with one attached hydrogen (secondary N) is 2. The number of carbonyl (C=O) groups excluding carboxylic acids is 2. The van der Waals surface area contributed by atoms with Gasteiger partial charge in [-0.1, -0.05) is 32.3 Å². The Morgan fingerprint density at radius 2 is 1.92 bits per heavy atom. The first-order valence-corrected chi connectivity index (χ1v) is 9.85. The van der Waals surface area contributed by atoms with Gasteiger partial charge in [0.05, 0.1) is 16.0 Å². The number of hydrogen-bond donors (Lipinski definition) is 2. The highest BCUT2D eigenvalue weighted by atomic mass is 79.9. The van der Waals surface area contributed by atoms with Gasteiger partial charge in [-0.05, 0) is 52.0 Å². The monoisotopic (exact) mass is 424 g/mol. The van der Waals surface area contributed by atoms with Crippen molar-refractivity contribution in [3.63, 3.8) is 0 Å². The molecule has 2 amide bonds. The second-order valence-corrected chi connectivity index (χ2v) is 7.24. The number of hydrazine groups is 1. The van der Waals surface area contributed by atoms with Crippen LogP contribution < -0.4 is 15.6 Å². The van der Waals surface area contributed by atoms with Crippen LogP contribution in [0.4, 0.5) is 0 Å². The molecule has 0 aliphatic rings. The minimum absolute atomic E-state index is 0.338. The van der Waals surface area contributed by atoms with Crippen molar-refractivity contribution in [3.8, 4) is 5.75 Å². The summed E-state index contributed by atoms with van der Waals surface area (Å²) < 4.78 is 6.43. The maximum Gasteiger partial charge on any atom is 0.279 e. The van der Waals surface area contributed by atoms with Crippen molar-refractivity contribution in [3.05, 3.63) is 50.6 Å². The van der Waals surface area contributed by atoms with Gasteiger partial charge in [-0.3, -0.25) is 20.4 Å². The molecule has 1 heterocycles. The summed E-state index contributed by atoms with van der Waals surface area (Å²) in [5, 5.41) is 1.80. The van der Waals surface area contributed by atoms with Gasteiger partial charge in [-0.15, -0.1) is 11.3 Å². The average Bonchev–Trinajstić information content (AvgIpc) is 3.15. The largest absolute Gasteiger partial charge is 0.492 e. The van der Waals surface area contributed by atoms with Gasteiger partial charge in [0.15, 0.2) is 0 Å². The van der Waals surface area contributed by atoms with Crippen molar-refractivity contribution in [1.82, 2.24) is 10.9 Å². The van der Waals surface area contributed by atoms with E-state index in [1.54, 1.807) is 35.7 Å². The minimum Gasteiger partial charge on any atom is -0.492 e. The Hall–Kier alpha value is -1.86. The Morgan fingerprint density at radius 1 is 1.12 bits per heavy atom. The quantitative estimate of drug-likeness (QED) is 0.482. The van der Waals surface area contributed by atoms with E-state index in [1.807, 2.05) is 0 Å². The van der Waals surface area contributed by atoms with Crippen LogP contribution in [-0.2, 0) is 0 Å². The average molecular weight is 425 g/mol. The van der Waals surface area contributed by atoms with Gasteiger partial charge in [0.25, 0.3) is 11.8 Å². The molecule has 0 fully saturated rings. The molecule has 0 spiro atoms. The lowest BCUT2D eigenvalue weighted by atomic mass is 10.2. The minimum atomic E-state index is -0.389.